The molecule has 0 spiro atoms. The second-order valence-corrected chi connectivity index (χ2v) is 14.2. The Balaban J connectivity index is 1.36. The van der Waals surface area contributed by atoms with Crippen LogP contribution < -0.4 is 26.2 Å². The predicted octanol–water partition coefficient (Wildman–Crippen LogP) is 0.165. The highest BCUT2D eigenvalue weighted by Crippen LogP contribution is 2.37. The van der Waals surface area contributed by atoms with E-state index in [1.807, 2.05) is 36.3 Å². The van der Waals surface area contributed by atoms with Crippen molar-refractivity contribution in [1.29, 1.82) is 0 Å². The molecule has 5 rings (SSSR count). The molecular weight excluding hydrogens is 684 g/mol. The maximum absolute atomic E-state index is 13.5. The minimum atomic E-state index is -5.02. The molecule has 0 unspecified atom stereocenters. The number of aromatic nitrogens is 3. The Morgan fingerprint density at radius 2 is 2.06 bits per heavy atom. The Hall–Kier alpha value is -4.63. The molecule has 0 saturated carbocycles. The van der Waals surface area contributed by atoms with Crippen LogP contribution in [0.25, 0.3) is 11.1 Å². The number of carboxylic acid groups (broad SMARTS) is 1. The summed E-state index contributed by atoms with van der Waals surface area (Å²) in [7, 11) is -3.08. The molecule has 18 nitrogen and oxygen atoms in total. The fraction of sp³-hybridized carbons (Fsp3) is 0.448. The maximum atomic E-state index is 13.5. The third-order valence-electron chi connectivity index (χ3n) is 8.42. The first-order valence-corrected chi connectivity index (χ1v) is 17.3. The zero-order chi connectivity index (χ0) is 35.9. The van der Waals surface area contributed by atoms with Gasteiger partial charge >= 0.3 is 16.4 Å². The second kappa shape index (κ2) is 13.3. The number of hydroxylamine groups is 2. The average molecular weight is 722 g/mol. The minimum Gasteiger partial charge on any atom is -0.485 e. The molecule has 0 aliphatic carbocycles. The molecule has 1 fully saturated rings. The molecule has 4 heterocycles. The zero-order valence-corrected chi connectivity index (χ0v) is 28.7. The molecule has 2 aliphatic rings. The van der Waals surface area contributed by atoms with Crippen LogP contribution in [-0.4, -0.2) is 86.1 Å². The van der Waals surface area contributed by atoms with E-state index in [4.69, 9.17) is 25.6 Å². The summed E-state index contributed by atoms with van der Waals surface area (Å²) in [6.07, 6.45) is 4.54. The molecule has 20 heteroatoms. The van der Waals surface area contributed by atoms with Gasteiger partial charge in [-0.05, 0) is 69.8 Å². The molecule has 49 heavy (non-hydrogen) atoms. The summed E-state index contributed by atoms with van der Waals surface area (Å²) in [4.78, 5) is 48.4. The number of nitrogens with zero attached hydrogens (tertiary/aromatic N) is 5. The fourth-order valence-corrected chi connectivity index (χ4v) is 6.54. The Bertz CT molecular complexity index is 1920. The van der Waals surface area contributed by atoms with Crippen molar-refractivity contribution >= 4 is 50.4 Å². The topological polar surface area (TPSA) is 255 Å². The van der Waals surface area contributed by atoms with Gasteiger partial charge in [0.25, 0.3) is 17.4 Å². The number of nitrogen functional groups attached to an aromatic ring is 1. The molecule has 2 aliphatic heterocycles. The molecule has 7 N–H and O–H groups in total. The average Bonchev–Trinajstić information content (AvgIpc) is 3.64. The summed E-state index contributed by atoms with van der Waals surface area (Å²) < 4.78 is 45.9. The minimum absolute atomic E-state index is 0.0664. The quantitative estimate of drug-likeness (QED) is 0.0519. The monoisotopic (exact) mass is 721 g/mol. The molecule has 2 aromatic heterocycles. The third-order valence-corrected chi connectivity index (χ3v) is 9.43. The van der Waals surface area contributed by atoms with Crippen molar-refractivity contribution in [3.05, 3.63) is 47.2 Å². The molecule has 3 aromatic rings. The number of nitrogens with one attached hydrogen (secondary N) is 1. The summed E-state index contributed by atoms with van der Waals surface area (Å²) in [6.45, 7) is 5.38. The number of amides is 2. The van der Waals surface area contributed by atoms with Gasteiger partial charge in [-0.1, -0.05) is 11.2 Å². The number of carbonyl (C=O) groups excluding carboxylic acids is 2. The smallest absolute Gasteiger partial charge is 0.418 e. The zero-order valence-electron chi connectivity index (χ0n) is 27.0. The van der Waals surface area contributed by atoms with Crippen molar-refractivity contribution in [2.45, 2.75) is 69.9 Å². The molecule has 1 saturated heterocycles. The first-order chi connectivity index (χ1) is 22.9. The van der Waals surface area contributed by atoms with E-state index in [-0.39, 0.29) is 17.2 Å². The first kappa shape index (κ1) is 35.7. The van der Waals surface area contributed by atoms with E-state index >= 15 is 0 Å². The summed E-state index contributed by atoms with van der Waals surface area (Å²) in [5, 5.41) is 18.5. The maximum Gasteiger partial charge on any atom is 0.418 e. The Morgan fingerprint density at radius 3 is 2.67 bits per heavy atom. The normalized spacial score (nSPS) is 20.1. The number of aryl methyl sites for hydroxylation is 3. The van der Waals surface area contributed by atoms with Crippen molar-refractivity contribution in [2.75, 3.05) is 12.3 Å². The van der Waals surface area contributed by atoms with Crippen LogP contribution in [0.1, 0.15) is 44.9 Å². The third kappa shape index (κ3) is 7.22. The van der Waals surface area contributed by atoms with Gasteiger partial charge in [0, 0.05) is 5.38 Å². The number of oxime groups is 1. The first-order valence-electron chi connectivity index (χ1n) is 15.0. The number of nitrogens with two attached hydrogens (primary N) is 2. The molecule has 264 valence electrons. The Morgan fingerprint density at radius 1 is 1.33 bits per heavy atom. The van der Waals surface area contributed by atoms with Gasteiger partial charge in [0.15, 0.2) is 24.0 Å². The van der Waals surface area contributed by atoms with Crippen LogP contribution in [0.4, 0.5) is 5.13 Å². The summed E-state index contributed by atoms with van der Waals surface area (Å²) in [6, 6.07) is 4.31. The number of ether oxygens (including phenoxy) is 1. The van der Waals surface area contributed by atoms with E-state index in [1.165, 1.54) is 26.2 Å². The van der Waals surface area contributed by atoms with Gasteiger partial charge in [-0.25, -0.2) is 9.78 Å². The number of aliphatic carboxylic acids is 1. The predicted molar refractivity (Wildman–Crippen MR) is 173 cm³/mol. The van der Waals surface area contributed by atoms with Gasteiger partial charge < -0.3 is 31.5 Å². The Kier molecular flexibility index (Phi) is 9.72. The standard InChI is InChI=1S/C29H36N8O10S2/c1-28(2)23(25(39)37(28)47-49(42,43)44)33-24(38)22(19-15-48-27(31)32-19)34-46-29(3,26(40)41)21-9-7-17-12-16(6-8-20(17)45-21)18-13-35(4)36(14-18)11-5-10-30/h6,8,12-15,21,23H,5,7,9-11,30H2,1-4H3,(H4-,31,32,33,38,40,41,42,43,44)/p+1/b34-22-/t21-,23-,29+/m1/s1. The number of β-lactam (4-membered cyclic amide) rings is 1. The highest BCUT2D eigenvalue weighted by molar-refractivity contribution is 7.80. The number of fused-ring (bicyclic) bond motifs is 1. The van der Waals surface area contributed by atoms with Gasteiger partial charge in [0.2, 0.25) is 6.20 Å². The van der Waals surface area contributed by atoms with E-state index < -0.39 is 57.2 Å². The van der Waals surface area contributed by atoms with Crippen LogP contribution in [0.3, 0.4) is 0 Å². The fourth-order valence-electron chi connectivity index (χ4n) is 5.54. The van der Waals surface area contributed by atoms with Crippen LogP contribution in [0, 0.1) is 0 Å². The van der Waals surface area contributed by atoms with E-state index in [0.29, 0.717) is 23.8 Å². The van der Waals surface area contributed by atoms with E-state index in [2.05, 4.69) is 24.4 Å². The second-order valence-electron chi connectivity index (χ2n) is 12.3. The highest BCUT2D eigenvalue weighted by Gasteiger charge is 2.58. The molecule has 2 amide bonds. The van der Waals surface area contributed by atoms with E-state index in [9.17, 15) is 27.9 Å². The van der Waals surface area contributed by atoms with E-state index in [0.717, 1.165) is 41.0 Å². The molecule has 3 atom stereocenters. The number of carboxylic acids is 1. The number of anilines is 1. The van der Waals surface area contributed by atoms with Gasteiger partial charge in [-0.15, -0.1) is 20.3 Å². The lowest BCUT2D eigenvalue weighted by Gasteiger charge is -2.50. The largest absolute Gasteiger partial charge is 0.485 e. The molecule has 0 bridgehead atoms. The van der Waals surface area contributed by atoms with Gasteiger partial charge in [0.05, 0.1) is 23.8 Å². The van der Waals surface area contributed by atoms with Crippen LogP contribution >= 0.6 is 11.3 Å². The van der Waals surface area contributed by atoms with Crippen LogP contribution in [0.2, 0.25) is 0 Å². The van der Waals surface area contributed by atoms with Crippen molar-refractivity contribution in [3.8, 4) is 16.9 Å². The van der Waals surface area contributed by atoms with Crippen LogP contribution in [-0.2, 0) is 53.9 Å². The van der Waals surface area contributed by atoms with Crippen molar-refractivity contribution in [1.82, 2.24) is 20.0 Å². The lowest BCUT2D eigenvalue weighted by Crippen LogP contribution is -2.76. The van der Waals surface area contributed by atoms with Gasteiger partial charge in [-0.3, -0.25) is 14.1 Å². The summed E-state index contributed by atoms with van der Waals surface area (Å²) in [5.74, 6) is -2.94. The molecule has 1 aromatic carbocycles. The number of thiazole rings is 1. The molecule has 0 radical (unpaired) electrons. The number of benzene rings is 1. The highest BCUT2D eigenvalue weighted by atomic mass is 32.3. The Labute approximate surface area is 285 Å². The lowest BCUT2D eigenvalue weighted by molar-refractivity contribution is -0.753. The van der Waals surface area contributed by atoms with Crippen molar-refractivity contribution in [2.24, 2.45) is 17.9 Å². The van der Waals surface area contributed by atoms with Crippen LogP contribution in [0.15, 0.2) is 41.1 Å². The number of carbonyl (C=O) groups is 3. The van der Waals surface area contributed by atoms with Crippen molar-refractivity contribution < 1.29 is 51.0 Å². The van der Waals surface area contributed by atoms with Gasteiger partial charge in [-0.2, -0.15) is 18.2 Å². The SMILES string of the molecule is C[n+]1cc(-c2ccc3c(c2)CC[C@H]([C@](C)(O/N=C(\C(=O)N[C@@H]2C(=O)N(OS(=O)(=O)O)C2(C)C)c2csc(N)n2)C(=O)O)O3)cn1CCCN. The molecular formula is C29H37N8O10S2+. The summed E-state index contributed by atoms with van der Waals surface area (Å²) in [5.41, 5.74) is 10.2. The number of hydrogen-bond acceptors (Lipinski definition) is 13. The number of hydrogen-bond donors (Lipinski definition) is 5. The van der Waals surface area contributed by atoms with Crippen molar-refractivity contribution in [3.63, 3.8) is 0 Å². The lowest BCUT2D eigenvalue weighted by atomic mass is 9.84. The van der Waals surface area contributed by atoms with E-state index in [1.54, 1.807) is 6.07 Å². The summed E-state index contributed by atoms with van der Waals surface area (Å²) >= 11 is 0.973. The number of rotatable bonds is 13. The van der Waals surface area contributed by atoms with Crippen LogP contribution in [0.5, 0.6) is 5.75 Å². The van der Waals surface area contributed by atoms with Gasteiger partial charge in [0.1, 0.15) is 17.5 Å².